The number of nitrogen functional groups attached to an aromatic ring is 1. The molecule has 0 saturated heterocycles. The summed E-state index contributed by atoms with van der Waals surface area (Å²) in [6.45, 7) is 1.96. The minimum Gasteiger partial charge on any atom is -0.367 e. The third-order valence-electron chi connectivity index (χ3n) is 4.40. The summed E-state index contributed by atoms with van der Waals surface area (Å²) in [5.41, 5.74) is 10.8. The van der Waals surface area contributed by atoms with Gasteiger partial charge in [0.15, 0.2) is 0 Å². The molecule has 0 bridgehead atoms. The number of carbonyl (C=O) groups is 1. The molecule has 1 heterocycles. The zero-order valence-corrected chi connectivity index (χ0v) is 15.7. The van der Waals surface area contributed by atoms with Gasteiger partial charge in [-0.05, 0) is 53.9 Å². The SMILES string of the molecule is Cc1ccc(-c2ccc(NC(=O)Nc3cccc(Cl)c3)cc2)c2c(N)onc12. The van der Waals surface area contributed by atoms with Crippen molar-refractivity contribution in [1.82, 2.24) is 5.16 Å². The number of amides is 2. The fourth-order valence-electron chi connectivity index (χ4n) is 3.04. The predicted molar refractivity (Wildman–Crippen MR) is 113 cm³/mol. The maximum absolute atomic E-state index is 12.2. The summed E-state index contributed by atoms with van der Waals surface area (Å²) in [6, 6.07) is 18.0. The van der Waals surface area contributed by atoms with Crippen LogP contribution in [0.15, 0.2) is 65.2 Å². The first-order chi connectivity index (χ1) is 13.5. The fraction of sp³-hybridized carbons (Fsp3) is 0.0476. The molecule has 4 N–H and O–H groups in total. The van der Waals surface area contributed by atoms with Gasteiger partial charge in [0, 0.05) is 16.4 Å². The molecule has 2 amide bonds. The van der Waals surface area contributed by atoms with Crippen molar-refractivity contribution in [2.45, 2.75) is 6.92 Å². The number of rotatable bonds is 3. The summed E-state index contributed by atoms with van der Waals surface area (Å²) in [4.78, 5) is 12.2. The average molecular weight is 393 g/mol. The number of hydrogen-bond donors (Lipinski definition) is 3. The van der Waals surface area contributed by atoms with Gasteiger partial charge in [0.1, 0.15) is 5.52 Å². The van der Waals surface area contributed by atoms with Crippen LogP contribution >= 0.6 is 11.6 Å². The number of nitrogens with zero attached hydrogens (tertiary/aromatic N) is 1. The molecule has 3 aromatic carbocycles. The number of anilines is 3. The molecule has 0 fully saturated rings. The van der Waals surface area contributed by atoms with Crippen molar-refractivity contribution in [3.05, 3.63) is 71.2 Å². The number of carbonyl (C=O) groups excluding carboxylic acids is 1. The van der Waals surface area contributed by atoms with Crippen LogP contribution in [0.4, 0.5) is 22.1 Å². The van der Waals surface area contributed by atoms with Crippen molar-refractivity contribution in [2.75, 3.05) is 16.4 Å². The smallest absolute Gasteiger partial charge is 0.323 e. The van der Waals surface area contributed by atoms with E-state index in [1.807, 2.05) is 43.3 Å². The van der Waals surface area contributed by atoms with Gasteiger partial charge in [0.2, 0.25) is 5.88 Å². The Morgan fingerprint density at radius 2 is 1.79 bits per heavy atom. The number of nitrogens with one attached hydrogen (secondary N) is 2. The number of aromatic nitrogens is 1. The second-order valence-corrected chi connectivity index (χ2v) is 6.80. The first kappa shape index (κ1) is 17.9. The molecule has 0 radical (unpaired) electrons. The Labute approximate surface area is 166 Å². The Morgan fingerprint density at radius 3 is 2.54 bits per heavy atom. The number of benzene rings is 3. The van der Waals surface area contributed by atoms with Crippen molar-refractivity contribution in [3.8, 4) is 11.1 Å². The maximum Gasteiger partial charge on any atom is 0.323 e. The summed E-state index contributed by atoms with van der Waals surface area (Å²) < 4.78 is 5.15. The number of hydrogen-bond acceptors (Lipinski definition) is 4. The van der Waals surface area contributed by atoms with Crippen molar-refractivity contribution in [1.29, 1.82) is 0 Å². The van der Waals surface area contributed by atoms with Gasteiger partial charge < -0.3 is 20.9 Å². The van der Waals surface area contributed by atoms with E-state index in [0.29, 0.717) is 16.4 Å². The molecule has 0 saturated carbocycles. The molecule has 140 valence electrons. The normalized spacial score (nSPS) is 10.8. The van der Waals surface area contributed by atoms with Gasteiger partial charge in [-0.3, -0.25) is 0 Å². The number of urea groups is 1. The van der Waals surface area contributed by atoms with Gasteiger partial charge in [-0.25, -0.2) is 4.79 Å². The second kappa shape index (κ2) is 7.25. The molecule has 4 aromatic rings. The van der Waals surface area contributed by atoms with Crippen LogP contribution in [0.25, 0.3) is 22.0 Å². The van der Waals surface area contributed by atoms with Crippen LogP contribution < -0.4 is 16.4 Å². The lowest BCUT2D eigenvalue weighted by atomic mass is 9.99. The van der Waals surface area contributed by atoms with Crippen LogP contribution in [-0.4, -0.2) is 11.2 Å². The Balaban J connectivity index is 1.54. The van der Waals surface area contributed by atoms with Gasteiger partial charge in [-0.2, -0.15) is 0 Å². The summed E-state index contributed by atoms with van der Waals surface area (Å²) in [7, 11) is 0. The highest BCUT2D eigenvalue weighted by atomic mass is 35.5. The van der Waals surface area contributed by atoms with Crippen molar-refractivity contribution < 1.29 is 9.32 Å². The Bertz CT molecular complexity index is 1170. The summed E-state index contributed by atoms with van der Waals surface area (Å²) in [5.74, 6) is 0.289. The van der Waals surface area contributed by atoms with E-state index in [1.54, 1.807) is 24.3 Å². The quantitative estimate of drug-likeness (QED) is 0.418. The van der Waals surface area contributed by atoms with E-state index in [1.165, 1.54) is 0 Å². The highest BCUT2D eigenvalue weighted by Gasteiger charge is 2.14. The first-order valence-corrected chi connectivity index (χ1v) is 8.97. The molecule has 0 unspecified atom stereocenters. The Hall–Kier alpha value is -3.51. The average Bonchev–Trinajstić information content (AvgIpc) is 3.06. The number of nitrogens with two attached hydrogens (primary N) is 1. The molecule has 7 heteroatoms. The van der Waals surface area contributed by atoms with Gasteiger partial charge in [0.05, 0.1) is 5.39 Å². The van der Waals surface area contributed by atoms with Crippen LogP contribution in [0.1, 0.15) is 5.56 Å². The molecule has 4 rings (SSSR count). The molecule has 0 spiro atoms. The third kappa shape index (κ3) is 3.50. The largest absolute Gasteiger partial charge is 0.367 e. The van der Waals surface area contributed by atoms with Gasteiger partial charge >= 0.3 is 6.03 Å². The standard InChI is InChI=1S/C21H17ClN4O2/c1-12-5-10-17(18-19(12)26-28-20(18)23)13-6-8-15(9-7-13)24-21(27)25-16-4-2-3-14(22)11-16/h2-11H,23H2,1H3,(H2,24,25,27). The van der Waals surface area contributed by atoms with Crippen LogP contribution in [0.5, 0.6) is 0 Å². The van der Waals surface area contributed by atoms with E-state index < -0.39 is 0 Å². The molecule has 0 aliphatic carbocycles. The lowest BCUT2D eigenvalue weighted by molar-refractivity contribution is 0.262. The van der Waals surface area contributed by atoms with E-state index in [-0.39, 0.29) is 11.9 Å². The second-order valence-electron chi connectivity index (χ2n) is 6.37. The first-order valence-electron chi connectivity index (χ1n) is 8.60. The maximum atomic E-state index is 12.2. The summed E-state index contributed by atoms with van der Waals surface area (Å²) in [5, 5.41) is 10.9. The molecule has 28 heavy (non-hydrogen) atoms. The molecule has 6 nitrogen and oxygen atoms in total. The van der Waals surface area contributed by atoms with E-state index in [2.05, 4.69) is 15.8 Å². The van der Waals surface area contributed by atoms with Gasteiger partial charge in [-0.1, -0.05) is 47.1 Å². The number of halogens is 1. The fourth-order valence-corrected chi connectivity index (χ4v) is 3.23. The third-order valence-corrected chi connectivity index (χ3v) is 4.63. The molecular formula is C21H17ClN4O2. The molecule has 0 atom stereocenters. The lowest BCUT2D eigenvalue weighted by Crippen LogP contribution is -2.19. The van der Waals surface area contributed by atoms with Crippen molar-refractivity contribution in [3.63, 3.8) is 0 Å². The van der Waals surface area contributed by atoms with Crippen LogP contribution in [0.2, 0.25) is 5.02 Å². The Kier molecular flexibility index (Phi) is 4.63. The molecule has 1 aromatic heterocycles. The topological polar surface area (TPSA) is 93.2 Å². The predicted octanol–water partition coefficient (Wildman–Crippen LogP) is 5.68. The molecule has 0 aliphatic heterocycles. The molecular weight excluding hydrogens is 376 g/mol. The summed E-state index contributed by atoms with van der Waals surface area (Å²) in [6.07, 6.45) is 0. The monoisotopic (exact) mass is 392 g/mol. The van der Waals surface area contributed by atoms with Gasteiger partial charge in [-0.15, -0.1) is 0 Å². The van der Waals surface area contributed by atoms with Crippen LogP contribution in [-0.2, 0) is 0 Å². The zero-order valence-electron chi connectivity index (χ0n) is 15.0. The summed E-state index contributed by atoms with van der Waals surface area (Å²) >= 11 is 5.93. The lowest BCUT2D eigenvalue weighted by Gasteiger charge is -2.09. The van der Waals surface area contributed by atoms with Crippen LogP contribution in [0.3, 0.4) is 0 Å². The Morgan fingerprint density at radius 1 is 1.04 bits per heavy atom. The van der Waals surface area contributed by atoms with E-state index in [0.717, 1.165) is 27.6 Å². The van der Waals surface area contributed by atoms with E-state index >= 15 is 0 Å². The van der Waals surface area contributed by atoms with E-state index in [4.69, 9.17) is 21.9 Å². The van der Waals surface area contributed by atoms with Crippen molar-refractivity contribution >= 4 is 45.8 Å². The zero-order chi connectivity index (χ0) is 19.7. The highest BCUT2D eigenvalue weighted by molar-refractivity contribution is 6.30. The van der Waals surface area contributed by atoms with Crippen molar-refractivity contribution in [2.24, 2.45) is 0 Å². The van der Waals surface area contributed by atoms with E-state index in [9.17, 15) is 4.79 Å². The molecule has 0 aliphatic rings. The minimum atomic E-state index is -0.351. The minimum absolute atomic E-state index is 0.289. The van der Waals surface area contributed by atoms with Gasteiger partial charge in [0.25, 0.3) is 0 Å². The number of fused-ring (bicyclic) bond motifs is 1. The van der Waals surface area contributed by atoms with Crippen LogP contribution in [0, 0.1) is 6.92 Å². The number of aryl methyl sites for hydroxylation is 1. The highest BCUT2D eigenvalue weighted by Crippen LogP contribution is 2.34.